The number of aryl methyl sites for hydroxylation is 1. The molecule has 0 aromatic carbocycles. The van der Waals surface area contributed by atoms with Crippen molar-refractivity contribution in [3.63, 3.8) is 0 Å². The van der Waals surface area contributed by atoms with Gasteiger partial charge < -0.3 is 10.2 Å². The lowest BCUT2D eigenvalue weighted by molar-refractivity contribution is 0.0837. The molecule has 72 valence electrons. The molecule has 1 aliphatic rings. The van der Waals surface area contributed by atoms with Crippen molar-refractivity contribution in [3.05, 3.63) is 23.7 Å². The van der Waals surface area contributed by atoms with E-state index in [1.807, 2.05) is 0 Å². The number of furan rings is 1. The first-order valence-corrected chi connectivity index (χ1v) is 4.16. The van der Waals surface area contributed by atoms with Gasteiger partial charge >= 0.3 is 0 Å². The number of hydrogen-bond acceptors (Lipinski definition) is 2. The molecule has 0 spiro atoms. The van der Waals surface area contributed by atoms with Gasteiger partial charge in [-0.2, -0.15) is 0 Å². The van der Waals surface area contributed by atoms with E-state index in [-0.39, 0.29) is 13.0 Å². The van der Waals surface area contributed by atoms with Crippen LogP contribution in [0.4, 0.5) is 8.78 Å². The van der Waals surface area contributed by atoms with E-state index < -0.39 is 11.3 Å². The number of nitrogens with two attached hydrogens (primary N) is 1. The van der Waals surface area contributed by atoms with E-state index >= 15 is 0 Å². The maximum atomic E-state index is 13.1. The number of hydrogen-bond donors (Lipinski definition) is 1. The maximum absolute atomic E-state index is 13.1. The highest BCUT2D eigenvalue weighted by Crippen LogP contribution is 2.61. The van der Waals surface area contributed by atoms with Gasteiger partial charge in [0.05, 0.1) is 6.26 Å². The molecule has 4 heteroatoms. The first-order valence-electron chi connectivity index (χ1n) is 4.16. The Bertz CT molecular complexity index is 334. The molecule has 13 heavy (non-hydrogen) atoms. The summed E-state index contributed by atoms with van der Waals surface area (Å²) < 4.78 is 31.2. The molecular weight excluding hydrogens is 176 g/mol. The number of rotatable bonds is 2. The summed E-state index contributed by atoms with van der Waals surface area (Å²) in [4.78, 5) is 0. The minimum absolute atomic E-state index is 0.0612. The summed E-state index contributed by atoms with van der Waals surface area (Å²) in [6, 6.07) is 1.68. The number of halogens is 2. The van der Waals surface area contributed by atoms with Gasteiger partial charge in [0.15, 0.2) is 0 Å². The lowest BCUT2D eigenvalue weighted by atomic mass is 10.00. The predicted molar refractivity (Wildman–Crippen MR) is 43.7 cm³/mol. The van der Waals surface area contributed by atoms with Crippen molar-refractivity contribution in [2.24, 2.45) is 5.73 Å². The van der Waals surface area contributed by atoms with Gasteiger partial charge in [0.1, 0.15) is 11.2 Å². The second kappa shape index (κ2) is 2.32. The molecule has 0 amide bonds. The summed E-state index contributed by atoms with van der Waals surface area (Å²) in [5, 5.41) is 0. The molecule has 1 heterocycles. The molecule has 2 nitrogen and oxygen atoms in total. The van der Waals surface area contributed by atoms with Crippen LogP contribution in [0.3, 0.4) is 0 Å². The van der Waals surface area contributed by atoms with Gasteiger partial charge in [-0.25, -0.2) is 8.78 Å². The van der Waals surface area contributed by atoms with Crippen LogP contribution in [0, 0.1) is 6.92 Å². The highest BCUT2D eigenvalue weighted by molar-refractivity contribution is 5.36. The van der Waals surface area contributed by atoms with Gasteiger partial charge in [-0.15, -0.1) is 0 Å². The smallest absolute Gasteiger partial charge is 0.263 e. The molecule has 0 radical (unpaired) electrons. The van der Waals surface area contributed by atoms with Gasteiger partial charge in [-0.1, -0.05) is 0 Å². The molecule has 1 unspecified atom stereocenters. The van der Waals surface area contributed by atoms with Crippen molar-refractivity contribution in [1.29, 1.82) is 0 Å². The predicted octanol–water partition coefficient (Wildman–Crippen LogP) is 1.82. The quantitative estimate of drug-likeness (QED) is 0.767. The third-order valence-corrected chi connectivity index (χ3v) is 2.74. The third kappa shape index (κ3) is 0.950. The average Bonchev–Trinajstić information content (AvgIpc) is 2.43. The molecule has 0 bridgehead atoms. The average molecular weight is 187 g/mol. The Morgan fingerprint density at radius 1 is 1.62 bits per heavy atom. The van der Waals surface area contributed by atoms with Gasteiger partial charge in [-0.3, -0.25) is 0 Å². The van der Waals surface area contributed by atoms with E-state index in [2.05, 4.69) is 0 Å². The lowest BCUT2D eigenvalue weighted by Gasteiger charge is -2.11. The van der Waals surface area contributed by atoms with Crippen molar-refractivity contribution in [2.45, 2.75) is 24.7 Å². The summed E-state index contributed by atoms with van der Waals surface area (Å²) in [7, 11) is 0. The summed E-state index contributed by atoms with van der Waals surface area (Å²) in [5.41, 5.74) is 4.90. The van der Waals surface area contributed by atoms with Crippen LogP contribution >= 0.6 is 0 Å². The molecule has 0 aliphatic heterocycles. The molecule has 1 atom stereocenters. The molecule has 1 aromatic rings. The Kier molecular flexibility index (Phi) is 1.55. The molecule has 1 aromatic heterocycles. The second-order valence-corrected chi connectivity index (χ2v) is 3.60. The minimum Gasteiger partial charge on any atom is -0.468 e. The first-order chi connectivity index (χ1) is 6.03. The Morgan fingerprint density at radius 3 is 2.54 bits per heavy atom. The van der Waals surface area contributed by atoms with Crippen LogP contribution in [0.1, 0.15) is 17.7 Å². The van der Waals surface area contributed by atoms with Crippen LogP contribution in [-0.2, 0) is 5.41 Å². The van der Waals surface area contributed by atoms with Crippen LogP contribution in [0.2, 0.25) is 0 Å². The van der Waals surface area contributed by atoms with Crippen molar-refractivity contribution in [3.8, 4) is 0 Å². The summed E-state index contributed by atoms with van der Waals surface area (Å²) in [6.07, 6.45) is 1.24. The van der Waals surface area contributed by atoms with Gasteiger partial charge in [0.25, 0.3) is 5.92 Å². The topological polar surface area (TPSA) is 39.2 Å². The zero-order valence-corrected chi connectivity index (χ0v) is 7.31. The van der Waals surface area contributed by atoms with Crippen LogP contribution < -0.4 is 5.73 Å². The van der Waals surface area contributed by atoms with Gasteiger partial charge in [-0.05, 0) is 18.6 Å². The zero-order chi connectivity index (χ0) is 9.69. The SMILES string of the molecule is Cc1ccoc1C1(CN)CC1(F)F. The van der Waals surface area contributed by atoms with Crippen molar-refractivity contribution >= 4 is 0 Å². The Labute approximate surface area is 74.7 Å². The van der Waals surface area contributed by atoms with Crippen molar-refractivity contribution in [1.82, 2.24) is 0 Å². The van der Waals surface area contributed by atoms with E-state index in [1.165, 1.54) is 6.26 Å². The largest absolute Gasteiger partial charge is 0.468 e. The van der Waals surface area contributed by atoms with Crippen LogP contribution in [-0.4, -0.2) is 12.5 Å². The maximum Gasteiger partial charge on any atom is 0.263 e. The summed E-state index contributed by atoms with van der Waals surface area (Å²) in [5.74, 6) is -2.34. The molecule has 1 aliphatic carbocycles. The Hall–Kier alpha value is -0.900. The second-order valence-electron chi connectivity index (χ2n) is 3.60. The van der Waals surface area contributed by atoms with Gasteiger partial charge in [0, 0.05) is 13.0 Å². The molecule has 2 N–H and O–H groups in total. The van der Waals surface area contributed by atoms with E-state index in [0.29, 0.717) is 5.76 Å². The molecule has 0 saturated heterocycles. The third-order valence-electron chi connectivity index (χ3n) is 2.74. The zero-order valence-electron chi connectivity index (χ0n) is 7.31. The summed E-state index contributed by atoms with van der Waals surface area (Å²) in [6.45, 7) is 1.69. The highest BCUT2D eigenvalue weighted by atomic mass is 19.3. The standard InChI is InChI=1S/C9H11F2NO/c1-6-2-3-13-7(6)8(5-12)4-9(8,10)11/h2-3H,4-5,12H2,1H3. The molecule has 1 saturated carbocycles. The number of alkyl halides is 2. The van der Waals surface area contributed by atoms with Gasteiger partial charge in [0.2, 0.25) is 0 Å². The van der Waals surface area contributed by atoms with Crippen LogP contribution in [0.25, 0.3) is 0 Å². The fourth-order valence-corrected chi connectivity index (χ4v) is 1.76. The molecule has 2 rings (SSSR count). The fourth-order valence-electron chi connectivity index (χ4n) is 1.76. The molecular formula is C9H11F2NO. The fraction of sp³-hybridized carbons (Fsp3) is 0.556. The minimum atomic E-state index is -2.69. The van der Waals surface area contributed by atoms with Crippen LogP contribution in [0.15, 0.2) is 16.7 Å². The highest BCUT2D eigenvalue weighted by Gasteiger charge is 2.73. The molecule has 1 fully saturated rings. The lowest BCUT2D eigenvalue weighted by Crippen LogP contribution is -2.26. The van der Waals surface area contributed by atoms with Crippen molar-refractivity contribution in [2.75, 3.05) is 6.54 Å². The van der Waals surface area contributed by atoms with Crippen molar-refractivity contribution < 1.29 is 13.2 Å². The first kappa shape index (κ1) is 8.69. The monoisotopic (exact) mass is 187 g/mol. The van der Waals surface area contributed by atoms with E-state index in [4.69, 9.17) is 10.2 Å². The van der Waals surface area contributed by atoms with E-state index in [9.17, 15) is 8.78 Å². The Balaban J connectivity index is 2.41. The Morgan fingerprint density at radius 2 is 2.23 bits per heavy atom. The normalized spacial score (nSPS) is 30.5. The van der Waals surface area contributed by atoms with E-state index in [1.54, 1.807) is 13.0 Å². The summed E-state index contributed by atoms with van der Waals surface area (Å²) >= 11 is 0. The van der Waals surface area contributed by atoms with E-state index in [0.717, 1.165) is 5.56 Å². The van der Waals surface area contributed by atoms with Crippen LogP contribution in [0.5, 0.6) is 0 Å².